The van der Waals surface area contributed by atoms with Gasteiger partial charge in [-0.1, -0.05) is 6.07 Å². The number of pyridine rings is 1. The second-order valence-electron chi connectivity index (χ2n) is 5.92. The number of anilines is 3. The van der Waals surface area contributed by atoms with Gasteiger partial charge >= 0.3 is 0 Å². The molecule has 0 aliphatic carbocycles. The summed E-state index contributed by atoms with van der Waals surface area (Å²) in [5.74, 6) is 0.199. The highest BCUT2D eigenvalue weighted by Gasteiger charge is 2.15. The van der Waals surface area contributed by atoms with Gasteiger partial charge in [0.1, 0.15) is 11.6 Å². The van der Waals surface area contributed by atoms with Gasteiger partial charge in [0.05, 0.1) is 16.8 Å². The zero-order valence-corrected chi connectivity index (χ0v) is 15.1. The molecule has 1 aromatic heterocycles. The van der Waals surface area contributed by atoms with Crippen molar-refractivity contribution in [3.63, 3.8) is 0 Å². The fraction of sp³-hybridized carbons (Fsp3) is 0.105. The molecule has 2 N–H and O–H groups in total. The maximum absolute atomic E-state index is 12.9. The third-order valence-corrected chi connectivity index (χ3v) is 5.30. The highest BCUT2D eigenvalue weighted by molar-refractivity contribution is 7.92. The zero-order valence-electron chi connectivity index (χ0n) is 14.3. The van der Waals surface area contributed by atoms with Crippen LogP contribution in [0.15, 0.2) is 65.7 Å². The molecular weight excluding hydrogens is 353 g/mol. The molecule has 0 radical (unpaired) electrons. The summed E-state index contributed by atoms with van der Waals surface area (Å²) in [7, 11) is -3.68. The standard InChI is InChI=1S/C19H18FN3O2S/c1-13-3-9-18(11-14(13)2)26(24,25)23-17-8-10-19(21-12-17)22-16-6-4-15(20)5-7-16/h3-12,23H,1-2H3,(H,21,22). The lowest BCUT2D eigenvalue weighted by Crippen LogP contribution is -2.13. The van der Waals surface area contributed by atoms with E-state index in [-0.39, 0.29) is 10.7 Å². The first kappa shape index (κ1) is 17.9. The average molecular weight is 371 g/mol. The van der Waals surface area contributed by atoms with E-state index in [1.165, 1.54) is 18.3 Å². The molecule has 3 aromatic rings. The third kappa shape index (κ3) is 4.18. The summed E-state index contributed by atoms with van der Waals surface area (Å²) in [5.41, 5.74) is 2.97. The van der Waals surface area contributed by atoms with Crippen LogP contribution in [0.5, 0.6) is 0 Å². The Balaban J connectivity index is 1.73. The normalized spacial score (nSPS) is 11.2. The summed E-state index contributed by atoms with van der Waals surface area (Å²) in [6, 6.07) is 14.1. The molecule has 5 nitrogen and oxygen atoms in total. The Kier molecular flexibility index (Phi) is 4.90. The van der Waals surface area contributed by atoms with Crippen LogP contribution in [0.4, 0.5) is 21.6 Å². The van der Waals surface area contributed by atoms with E-state index in [9.17, 15) is 12.8 Å². The summed E-state index contributed by atoms with van der Waals surface area (Å²) in [4.78, 5) is 4.38. The van der Waals surface area contributed by atoms with Crippen molar-refractivity contribution in [2.24, 2.45) is 0 Å². The quantitative estimate of drug-likeness (QED) is 0.698. The van der Waals surface area contributed by atoms with Crippen LogP contribution in [0.2, 0.25) is 0 Å². The molecule has 3 rings (SSSR count). The average Bonchev–Trinajstić information content (AvgIpc) is 2.61. The highest BCUT2D eigenvalue weighted by Crippen LogP contribution is 2.20. The van der Waals surface area contributed by atoms with E-state index in [1.54, 1.807) is 42.5 Å². The number of hydrogen-bond donors (Lipinski definition) is 2. The van der Waals surface area contributed by atoms with Crippen molar-refractivity contribution in [3.05, 3.63) is 77.7 Å². The van der Waals surface area contributed by atoms with Crippen LogP contribution < -0.4 is 10.0 Å². The topological polar surface area (TPSA) is 71.1 Å². The van der Waals surface area contributed by atoms with Crippen LogP contribution in [0.1, 0.15) is 11.1 Å². The first-order chi connectivity index (χ1) is 12.3. The molecule has 0 aliphatic heterocycles. The Labute approximate surface area is 152 Å². The Morgan fingerprint density at radius 1 is 0.885 bits per heavy atom. The molecule has 0 fully saturated rings. The summed E-state index contributed by atoms with van der Waals surface area (Å²) >= 11 is 0. The van der Waals surface area contributed by atoms with Crippen molar-refractivity contribution < 1.29 is 12.8 Å². The molecule has 0 bridgehead atoms. The molecule has 1 heterocycles. The van der Waals surface area contributed by atoms with Crippen molar-refractivity contribution in [2.45, 2.75) is 18.7 Å². The molecule has 0 spiro atoms. The van der Waals surface area contributed by atoms with Gasteiger partial charge in [-0.15, -0.1) is 0 Å². The molecule has 0 unspecified atom stereocenters. The van der Waals surface area contributed by atoms with Crippen molar-refractivity contribution in [1.82, 2.24) is 4.98 Å². The Hall–Kier alpha value is -2.93. The van der Waals surface area contributed by atoms with Crippen LogP contribution in [-0.2, 0) is 10.0 Å². The number of rotatable bonds is 5. The number of aryl methyl sites for hydroxylation is 2. The molecular formula is C19H18FN3O2S. The van der Waals surface area contributed by atoms with Gasteiger partial charge in [0.25, 0.3) is 10.0 Å². The lowest BCUT2D eigenvalue weighted by Gasteiger charge is -2.10. The zero-order chi connectivity index (χ0) is 18.7. The number of aromatic nitrogens is 1. The van der Waals surface area contributed by atoms with Crippen LogP contribution in [-0.4, -0.2) is 13.4 Å². The van der Waals surface area contributed by atoms with E-state index >= 15 is 0 Å². The van der Waals surface area contributed by atoms with Gasteiger partial charge in [0.15, 0.2) is 0 Å². The number of nitrogens with zero attached hydrogens (tertiary/aromatic N) is 1. The van der Waals surface area contributed by atoms with E-state index in [4.69, 9.17) is 0 Å². The van der Waals surface area contributed by atoms with E-state index in [1.807, 2.05) is 13.8 Å². The fourth-order valence-corrected chi connectivity index (χ4v) is 3.43. The predicted molar refractivity (Wildman–Crippen MR) is 101 cm³/mol. The van der Waals surface area contributed by atoms with Gasteiger partial charge < -0.3 is 5.32 Å². The van der Waals surface area contributed by atoms with Gasteiger partial charge in [0, 0.05) is 5.69 Å². The maximum Gasteiger partial charge on any atom is 0.261 e. The minimum atomic E-state index is -3.68. The smallest absolute Gasteiger partial charge is 0.261 e. The number of nitrogens with one attached hydrogen (secondary N) is 2. The Bertz CT molecular complexity index is 1020. The highest BCUT2D eigenvalue weighted by atomic mass is 32.2. The van der Waals surface area contributed by atoms with Crippen LogP contribution in [0.25, 0.3) is 0 Å². The Morgan fingerprint density at radius 2 is 1.58 bits per heavy atom. The molecule has 0 amide bonds. The van der Waals surface area contributed by atoms with Crippen LogP contribution in [0.3, 0.4) is 0 Å². The summed E-state index contributed by atoms with van der Waals surface area (Å²) in [5, 5.41) is 3.01. The molecule has 26 heavy (non-hydrogen) atoms. The second kappa shape index (κ2) is 7.13. The van der Waals surface area contributed by atoms with Crippen molar-refractivity contribution in [2.75, 3.05) is 10.0 Å². The Morgan fingerprint density at radius 3 is 2.19 bits per heavy atom. The van der Waals surface area contributed by atoms with E-state index in [0.717, 1.165) is 11.1 Å². The third-order valence-electron chi connectivity index (χ3n) is 3.92. The molecule has 0 atom stereocenters. The lowest BCUT2D eigenvalue weighted by atomic mass is 10.1. The molecule has 2 aromatic carbocycles. The first-order valence-corrected chi connectivity index (χ1v) is 9.40. The van der Waals surface area contributed by atoms with Crippen LogP contribution >= 0.6 is 0 Å². The molecule has 0 saturated heterocycles. The van der Waals surface area contributed by atoms with Gasteiger partial charge in [-0.05, 0) is 73.5 Å². The summed E-state index contributed by atoms with van der Waals surface area (Å²) < 4.78 is 40.4. The fourth-order valence-electron chi connectivity index (χ4n) is 2.30. The SMILES string of the molecule is Cc1ccc(S(=O)(=O)Nc2ccc(Nc3ccc(F)cc3)nc2)cc1C. The van der Waals surface area contributed by atoms with Gasteiger partial charge in [-0.2, -0.15) is 0 Å². The van der Waals surface area contributed by atoms with Crippen molar-refractivity contribution >= 4 is 27.2 Å². The van der Waals surface area contributed by atoms with Crippen LogP contribution in [0, 0.1) is 19.7 Å². The largest absolute Gasteiger partial charge is 0.340 e. The van der Waals surface area contributed by atoms with Gasteiger partial charge in [-0.3, -0.25) is 4.72 Å². The van der Waals surface area contributed by atoms with Gasteiger partial charge in [0.2, 0.25) is 0 Å². The number of sulfonamides is 1. The molecule has 134 valence electrons. The minimum Gasteiger partial charge on any atom is -0.340 e. The summed E-state index contributed by atoms with van der Waals surface area (Å²) in [6.45, 7) is 3.79. The number of halogens is 1. The second-order valence-corrected chi connectivity index (χ2v) is 7.60. The van der Waals surface area contributed by atoms with E-state index < -0.39 is 10.0 Å². The number of benzene rings is 2. The molecule has 0 saturated carbocycles. The van der Waals surface area contributed by atoms with Gasteiger partial charge in [-0.25, -0.2) is 17.8 Å². The van der Waals surface area contributed by atoms with E-state index in [0.29, 0.717) is 17.2 Å². The lowest BCUT2D eigenvalue weighted by molar-refractivity contribution is 0.601. The minimum absolute atomic E-state index is 0.203. The molecule has 0 aliphatic rings. The summed E-state index contributed by atoms with van der Waals surface area (Å²) in [6.07, 6.45) is 1.42. The van der Waals surface area contributed by atoms with Crippen molar-refractivity contribution in [3.8, 4) is 0 Å². The van der Waals surface area contributed by atoms with Crippen molar-refractivity contribution in [1.29, 1.82) is 0 Å². The van der Waals surface area contributed by atoms with E-state index in [2.05, 4.69) is 15.0 Å². The number of hydrogen-bond acceptors (Lipinski definition) is 4. The predicted octanol–water partition coefficient (Wildman–Crippen LogP) is 4.38. The maximum atomic E-state index is 12.9. The monoisotopic (exact) mass is 371 g/mol. The molecule has 7 heteroatoms. The first-order valence-electron chi connectivity index (χ1n) is 7.92.